The molecule has 5 nitrogen and oxygen atoms in total. The largest absolute Gasteiger partial charge is 0.324 e. The average Bonchev–Trinajstić information content (AvgIpc) is 2.86. The summed E-state index contributed by atoms with van der Waals surface area (Å²) in [5.74, 6) is 0.795. The van der Waals surface area contributed by atoms with Crippen LogP contribution in [0.15, 0.2) is 18.2 Å². The number of aromatic nitrogens is 4. The molecule has 16 heavy (non-hydrogen) atoms. The van der Waals surface area contributed by atoms with Crippen LogP contribution < -0.4 is 5.73 Å². The number of benzene rings is 1. The van der Waals surface area contributed by atoms with Crippen LogP contribution in [-0.2, 0) is 13.5 Å². The third-order valence-electron chi connectivity index (χ3n) is 3.15. The van der Waals surface area contributed by atoms with E-state index >= 15 is 0 Å². The van der Waals surface area contributed by atoms with Gasteiger partial charge >= 0.3 is 0 Å². The first-order chi connectivity index (χ1) is 7.75. The first-order valence-corrected chi connectivity index (χ1v) is 5.37. The summed E-state index contributed by atoms with van der Waals surface area (Å²) in [6.45, 7) is 0. The number of tetrazole rings is 1. The summed E-state index contributed by atoms with van der Waals surface area (Å²) in [5.41, 5.74) is 9.65. The van der Waals surface area contributed by atoms with Gasteiger partial charge in [-0.3, -0.25) is 0 Å². The molecule has 0 saturated carbocycles. The number of aryl methyl sites for hydroxylation is 2. The topological polar surface area (TPSA) is 69.6 Å². The number of nitrogens with zero attached hydrogens (tertiary/aromatic N) is 4. The van der Waals surface area contributed by atoms with Crippen molar-refractivity contribution in [3.63, 3.8) is 0 Å². The van der Waals surface area contributed by atoms with Crippen molar-refractivity contribution < 1.29 is 0 Å². The monoisotopic (exact) mass is 215 g/mol. The molecule has 0 saturated heterocycles. The lowest BCUT2D eigenvalue weighted by Crippen LogP contribution is -2.05. The van der Waals surface area contributed by atoms with E-state index in [0.717, 1.165) is 24.2 Å². The van der Waals surface area contributed by atoms with E-state index in [4.69, 9.17) is 5.73 Å². The van der Waals surface area contributed by atoms with Crippen LogP contribution >= 0.6 is 0 Å². The summed E-state index contributed by atoms with van der Waals surface area (Å²) < 4.78 is 1.68. The van der Waals surface area contributed by atoms with Gasteiger partial charge in [0, 0.05) is 18.7 Å². The lowest BCUT2D eigenvalue weighted by Gasteiger charge is -2.06. The van der Waals surface area contributed by atoms with Crippen molar-refractivity contribution in [2.75, 3.05) is 0 Å². The summed E-state index contributed by atoms with van der Waals surface area (Å²) >= 11 is 0. The molecule has 5 heteroatoms. The van der Waals surface area contributed by atoms with Crippen molar-refractivity contribution >= 4 is 0 Å². The average molecular weight is 215 g/mol. The fraction of sp³-hybridized carbons (Fsp3) is 0.364. The maximum Gasteiger partial charge on any atom is 0.181 e. The predicted octanol–water partition coefficient (Wildman–Crippen LogP) is 0.823. The molecule has 0 unspecified atom stereocenters. The van der Waals surface area contributed by atoms with E-state index in [0.29, 0.717) is 0 Å². The normalized spacial score (nSPS) is 18.8. The Kier molecular flexibility index (Phi) is 2.00. The van der Waals surface area contributed by atoms with Gasteiger partial charge in [0.15, 0.2) is 5.82 Å². The van der Waals surface area contributed by atoms with Crippen LogP contribution in [0.1, 0.15) is 23.6 Å². The Morgan fingerprint density at radius 3 is 3.06 bits per heavy atom. The Hall–Kier alpha value is -1.75. The lowest BCUT2D eigenvalue weighted by atomic mass is 10.0. The first kappa shape index (κ1) is 9.47. The highest BCUT2D eigenvalue weighted by Gasteiger charge is 2.19. The Morgan fingerprint density at radius 1 is 1.44 bits per heavy atom. The molecule has 0 aliphatic heterocycles. The van der Waals surface area contributed by atoms with Crippen LogP contribution in [-0.4, -0.2) is 20.2 Å². The van der Waals surface area contributed by atoms with Crippen molar-refractivity contribution in [1.29, 1.82) is 0 Å². The summed E-state index contributed by atoms with van der Waals surface area (Å²) in [6, 6.07) is 6.47. The van der Waals surface area contributed by atoms with Gasteiger partial charge in [-0.05, 0) is 40.5 Å². The van der Waals surface area contributed by atoms with E-state index in [9.17, 15) is 0 Å². The number of hydrogen-bond acceptors (Lipinski definition) is 4. The summed E-state index contributed by atoms with van der Waals surface area (Å²) in [4.78, 5) is 0. The van der Waals surface area contributed by atoms with Crippen LogP contribution in [0.3, 0.4) is 0 Å². The molecular weight excluding hydrogens is 202 g/mol. The lowest BCUT2D eigenvalue weighted by molar-refractivity contribution is 0.713. The van der Waals surface area contributed by atoms with Gasteiger partial charge in [0.2, 0.25) is 0 Å². The molecule has 2 N–H and O–H groups in total. The molecule has 1 aromatic carbocycles. The van der Waals surface area contributed by atoms with Crippen LogP contribution in [0.4, 0.5) is 0 Å². The molecule has 82 valence electrons. The molecule has 0 spiro atoms. The molecule has 1 aromatic heterocycles. The van der Waals surface area contributed by atoms with Gasteiger partial charge in [0.25, 0.3) is 0 Å². The number of hydrogen-bond donors (Lipinski definition) is 1. The molecule has 1 aliphatic carbocycles. The van der Waals surface area contributed by atoms with Gasteiger partial charge in [0.05, 0.1) is 0 Å². The van der Waals surface area contributed by atoms with Crippen molar-refractivity contribution in [2.45, 2.75) is 18.9 Å². The number of rotatable bonds is 1. The fourth-order valence-corrected chi connectivity index (χ4v) is 2.26. The Bertz CT molecular complexity index is 531. The summed E-state index contributed by atoms with van der Waals surface area (Å²) in [7, 11) is 1.84. The van der Waals surface area contributed by atoms with Crippen LogP contribution in [0.25, 0.3) is 11.4 Å². The third kappa shape index (κ3) is 1.32. The minimum Gasteiger partial charge on any atom is -0.324 e. The highest BCUT2D eigenvalue weighted by Crippen LogP contribution is 2.31. The van der Waals surface area contributed by atoms with E-state index in [1.54, 1.807) is 4.68 Å². The van der Waals surface area contributed by atoms with Crippen LogP contribution in [0.2, 0.25) is 0 Å². The highest BCUT2D eigenvalue weighted by atomic mass is 15.5. The Labute approximate surface area is 93.3 Å². The Morgan fingerprint density at radius 2 is 2.31 bits per heavy atom. The predicted molar refractivity (Wildman–Crippen MR) is 59.5 cm³/mol. The molecule has 0 radical (unpaired) electrons. The maximum atomic E-state index is 6.00. The fourth-order valence-electron chi connectivity index (χ4n) is 2.26. The zero-order valence-corrected chi connectivity index (χ0v) is 9.09. The minimum absolute atomic E-state index is 0.196. The molecule has 1 atom stereocenters. The van der Waals surface area contributed by atoms with Crippen LogP contribution in [0.5, 0.6) is 0 Å². The van der Waals surface area contributed by atoms with Crippen molar-refractivity contribution in [2.24, 2.45) is 12.8 Å². The van der Waals surface area contributed by atoms with E-state index in [2.05, 4.69) is 27.7 Å². The molecular formula is C11H13N5. The standard InChI is InChI=1S/C11H13N5/c1-16-11(13-14-15-16)8-2-4-9-7(6-8)3-5-10(9)12/h2,4,6,10H,3,5,12H2,1H3/t10-/m0/s1. The minimum atomic E-state index is 0.196. The number of nitrogens with two attached hydrogens (primary N) is 1. The maximum absolute atomic E-state index is 6.00. The van der Waals surface area contributed by atoms with Crippen molar-refractivity contribution in [3.05, 3.63) is 29.3 Å². The quantitative estimate of drug-likeness (QED) is 0.764. The van der Waals surface area contributed by atoms with Gasteiger partial charge in [0.1, 0.15) is 0 Å². The first-order valence-electron chi connectivity index (χ1n) is 5.37. The van der Waals surface area contributed by atoms with Gasteiger partial charge in [-0.2, -0.15) is 0 Å². The second-order valence-corrected chi connectivity index (χ2v) is 4.18. The zero-order valence-electron chi connectivity index (χ0n) is 9.09. The molecule has 0 amide bonds. The third-order valence-corrected chi connectivity index (χ3v) is 3.15. The molecule has 2 aromatic rings. The van der Waals surface area contributed by atoms with Gasteiger partial charge in [-0.25, -0.2) is 4.68 Å². The van der Waals surface area contributed by atoms with Crippen LogP contribution in [0, 0.1) is 0 Å². The summed E-state index contributed by atoms with van der Waals surface area (Å²) in [5, 5.41) is 11.5. The van der Waals surface area contributed by atoms with E-state index in [1.807, 2.05) is 13.1 Å². The van der Waals surface area contributed by atoms with Gasteiger partial charge in [-0.1, -0.05) is 12.1 Å². The smallest absolute Gasteiger partial charge is 0.181 e. The molecule has 1 heterocycles. The van der Waals surface area contributed by atoms with E-state index < -0.39 is 0 Å². The van der Waals surface area contributed by atoms with Crippen molar-refractivity contribution in [1.82, 2.24) is 20.2 Å². The highest BCUT2D eigenvalue weighted by molar-refractivity contribution is 5.58. The molecule has 0 fully saturated rings. The number of fused-ring (bicyclic) bond motifs is 1. The summed E-state index contributed by atoms with van der Waals surface area (Å²) in [6.07, 6.45) is 2.09. The Balaban J connectivity index is 2.09. The van der Waals surface area contributed by atoms with Crippen molar-refractivity contribution in [3.8, 4) is 11.4 Å². The molecule has 3 rings (SSSR count). The molecule has 1 aliphatic rings. The second-order valence-electron chi connectivity index (χ2n) is 4.18. The SMILES string of the molecule is Cn1nnnc1-c1ccc2c(c1)CC[C@@H]2N. The molecule has 0 bridgehead atoms. The van der Waals surface area contributed by atoms with Gasteiger partial charge in [-0.15, -0.1) is 5.10 Å². The second kappa shape index (κ2) is 3.38. The van der Waals surface area contributed by atoms with Gasteiger partial charge < -0.3 is 5.73 Å². The van der Waals surface area contributed by atoms with E-state index in [-0.39, 0.29) is 6.04 Å². The zero-order chi connectivity index (χ0) is 11.1. The van der Waals surface area contributed by atoms with E-state index in [1.165, 1.54) is 11.1 Å².